The molecule has 7 nitrogen and oxygen atoms in total. The highest BCUT2D eigenvalue weighted by molar-refractivity contribution is 7.90. The lowest BCUT2D eigenvalue weighted by molar-refractivity contribution is -0.0157. The molecule has 0 saturated carbocycles. The fourth-order valence-corrected chi connectivity index (χ4v) is 3.61. The molecule has 3 rings (SSSR count). The van der Waals surface area contributed by atoms with Crippen LogP contribution in [-0.4, -0.2) is 62.7 Å². The van der Waals surface area contributed by atoms with Crippen LogP contribution in [0.4, 0.5) is 0 Å². The predicted molar refractivity (Wildman–Crippen MR) is 88.8 cm³/mol. The Balaban J connectivity index is 1.69. The number of nitrogens with zero attached hydrogens (tertiary/aromatic N) is 2. The highest BCUT2D eigenvalue weighted by Gasteiger charge is 2.30. The van der Waals surface area contributed by atoms with Crippen LogP contribution in [0.1, 0.15) is 11.7 Å². The Labute approximate surface area is 141 Å². The maximum absolute atomic E-state index is 11.9. The van der Waals surface area contributed by atoms with Crippen molar-refractivity contribution >= 4 is 9.84 Å². The molecule has 0 radical (unpaired) electrons. The van der Waals surface area contributed by atoms with Gasteiger partial charge in [0.05, 0.1) is 31.1 Å². The molecule has 24 heavy (non-hydrogen) atoms. The van der Waals surface area contributed by atoms with Crippen LogP contribution in [0.5, 0.6) is 5.75 Å². The Hall–Kier alpha value is -1.90. The molecule has 0 amide bonds. The first-order chi connectivity index (χ1) is 11.6. The first-order valence-corrected chi connectivity index (χ1v) is 9.68. The molecule has 1 unspecified atom stereocenters. The van der Waals surface area contributed by atoms with Crippen molar-refractivity contribution in [3.8, 4) is 5.75 Å². The summed E-state index contributed by atoms with van der Waals surface area (Å²) < 4.78 is 35.1. The molecule has 8 heteroatoms. The van der Waals surface area contributed by atoms with Crippen molar-refractivity contribution in [2.45, 2.75) is 10.9 Å². The van der Waals surface area contributed by atoms with Crippen LogP contribution in [0.3, 0.4) is 0 Å². The largest absolute Gasteiger partial charge is 0.492 e. The number of aromatic amines is 1. The standard InChI is InChI=1S/C16H21N3O4S/c1-24(20,21)15-11-17-18-16(15)14-12-22-9-7-19(14)8-10-23-13-5-3-2-4-6-13/h2-6,11,14H,7-10,12H2,1H3,(H,17,18). The smallest absolute Gasteiger partial charge is 0.178 e. The molecule has 0 spiro atoms. The lowest BCUT2D eigenvalue weighted by Crippen LogP contribution is -2.42. The van der Waals surface area contributed by atoms with Gasteiger partial charge in [-0.2, -0.15) is 5.10 Å². The van der Waals surface area contributed by atoms with Crippen LogP contribution in [0.2, 0.25) is 0 Å². The highest BCUT2D eigenvalue weighted by atomic mass is 32.2. The van der Waals surface area contributed by atoms with Crippen LogP contribution < -0.4 is 4.74 Å². The molecule has 1 aliphatic heterocycles. The molecule has 2 heterocycles. The summed E-state index contributed by atoms with van der Waals surface area (Å²) in [5.74, 6) is 0.820. The maximum Gasteiger partial charge on any atom is 0.178 e. The first kappa shape index (κ1) is 16.9. The lowest BCUT2D eigenvalue weighted by Gasteiger charge is -2.35. The number of hydrogen-bond acceptors (Lipinski definition) is 6. The second kappa shape index (κ2) is 7.33. The van der Waals surface area contributed by atoms with Crippen molar-refractivity contribution in [1.29, 1.82) is 0 Å². The molecule has 1 fully saturated rings. The van der Waals surface area contributed by atoms with Crippen LogP contribution in [0.15, 0.2) is 41.4 Å². The average molecular weight is 351 g/mol. The molecule has 1 aliphatic rings. The van der Waals surface area contributed by atoms with Gasteiger partial charge in [0.15, 0.2) is 9.84 Å². The summed E-state index contributed by atoms with van der Waals surface area (Å²) >= 11 is 0. The van der Waals surface area contributed by atoms with E-state index in [-0.39, 0.29) is 10.9 Å². The van der Waals surface area contributed by atoms with E-state index in [1.807, 2.05) is 30.3 Å². The number of para-hydroxylation sites is 1. The normalized spacial score (nSPS) is 19.3. The summed E-state index contributed by atoms with van der Waals surface area (Å²) in [7, 11) is -3.33. The van der Waals surface area contributed by atoms with E-state index in [4.69, 9.17) is 9.47 Å². The monoisotopic (exact) mass is 351 g/mol. The van der Waals surface area contributed by atoms with Crippen molar-refractivity contribution in [3.05, 3.63) is 42.2 Å². The summed E-state index contributed by atoms with van der Waals surface area (Å²) in [4.78, 5) is 2.39. The first-order valence-electron chi connectivity index (χ1n) is 7.78. The summed E-state index contributed by atoms with van der Waals surface area (Å²) in [6.45, 7) is 2.94. The number of H-pyrrole nitrogens is 1. The van der Waals surface area contributed by atoms with E-state index < -0.39 is 9.84 Å². The van der Waals surface area contributed by atoms with Crippen LogP contribution >= 0.6 is 0 Å². The number of ether oxygens (including phenoxy) is 2. The van der Waals surface area contributed by atoms with Crippen LogP contribution in [0.25, 0.3) is 0 Å². The van der Waals surface area contributed by atoms with E-state index in [0.29, 0.717) is 38.6 Å². The van der Waals surface area contributed by atoms with Gasteiger partial charge in [-0.15, -0.1) is 0 Å². The Kier molecular flexibility index (Phi) is 5.17. The second-order valence-electron chi connectivity index (χ2n) is 5.71. The van der Waals surface area contributed by atoms with Crippen molar-refractivity contribution in [1.82, 2.24) is 15.1 Å². The Morgan fingerprint density at radius 3 is 2.92 bits per heavy atom. The second-order valence-corrected chi connectivity index (χ2v) is 7.69. The zero-order valence-corrected chi connectivity index (χ0v) is 14.3. The van der Waals surface area contributed by atoms with E-state index in [1.54, 1.807) is 0 Å². The predicted octanol–water partition coefficient (Wildman–Crippen LogP) is 1.27. The summed E-state index contributed by atoms with van der Waals surface area (Å²) in [6, 6.07) is 9.44. The molecule has 1 aromatic carbocycles. The summed E-state index contributed by atoms with van der Waals surface area (Å²) in [5, 5.41) is 6.74. The van der Waals surface area contributed by atoms with Gasteiger partial charge < -0.3 is 9.47 Å². The minimum Gasteiger partial charge on any atom is -0.492 e. The Morgan fingerprint density at radius 2 is 2.17 bits per heavy atom. The number of nitrogens with one attached hydrogen (secondary N) is 1. The van der Waals surface area contributed by atoms with E-state index in [9.17, 15) is 8.42 Å². The van der Waals surface area contributed by atoms with Gasteiger partial charge in [0.25, 0.3) is 0 Å². The Bertz CT molecular complexity index is 761. The van der Waals surface area contributed by atoms with Gasteiger partial charge in [-0.05, 0) is 12.1 Å². The zero-order valence-electron chi connectivity index (χ0n) is 13.5. The average Bonchev–Trinajstić information content (AvgIpc) is 3.06. The quantitative estimate of drug-likeness (QED) is 0.844. The van der Waals surface area contributed by atoms with Gasteiger partial charge in [-0.3, -0.25) is 10.00 Å². The molecule has 130 valence electrons. The molecule has 1 atom stereocenters. The van der Waals surface area contributed by atoms with Crippen molar-refractivity contribution in [3.63, 3.8) is 0 Å². The SMILES string of the molecule is CS(=O)(=O)c1cn[nH]c1C1COCCN1CCOc1ccccc1. The van der Waals surface area contributed by atoms with E-state index >= 15 is 0 Å². The van der Waals surface area contributed by atoms with Gasteiger partial charge in [-0.1, -0.05) is 18.2 Å². The van der Waals surface area contributed by atoms with Gasteiger partial charge in [-0.25, -0.2) is 8.42 Å². The molecular formula is C16H21N3O4S. The summed E-state index contributed by atoms with van der Waals surface area (Å²) in [5.41, 5.74) is 0.580. The number of hydrogen-bond donors (Lipinski definition) is 1. The molecule has 0 aliphatic carbocycles. The molecule has 1 saturated heterocycles. The molecular weight excluding hydrogens is 330 g/mol. The summed E-state index contributed by atoms with van der Waals surface area (Å²) in [6.07, 6.45) is 2.55. The number of rotatable bonds is 6. The minimum absolute atomic E-state index is 0.176. The van der Waals surface area contributed by atoms with Gasteiger partial charge in [0, 0.05) is 19.3 Å². The fourth-order valence-electron chi connectivity index (χ4n) is 2.79. The van der Waals surface area contributed by atoms with E-state index in [1.165, 1.54) is 12.5 Å². The van der Waals surface area contributed by atoms with Crippen molar-refractivity contribution in [2.75, 3.05) is 39.2 Å². The molecule has 0 bridgehead atoms. The minimum atomic E-state index is -3.33. The molecule has 2 aromatic rings. The number of sulfone groups is 1. The van der Waals surface area contributed by atoms with Crippen LogP contribution in [-0.2, 0) is 14.6 Å². The van der Waals surface area contributed by atoms with E-state index in [2.05, 4.69) is 15.1 Å². The zero-order chi connectivity index (χ0) is 17.0. The third-order valence-corrected chi connectivity index (χ3v) is 5.12. The number of aromatic nitrogens is 2. The molecule has 1 N–H and O–H groups in total. The Morgan fingerprint density at radius 1 is 1.38 bits per heavy atom. The van der Waals surface area contributed by atoms with Crippen molar-refractivity contribution in [2.24, 2.45) is 0 Å². The topological polar surface area (TPSA) is 84.5 Å². The van der Waals surface area contributed by atoms with Crippen molar-refractivity contribution < 1.29 is 17.9 Å². The number of benzene rings is 1. The van der Waals surface area contributed by atoms with Crippen LogP contribution in [0, 0.1) is 0 Å². The number of morpholine rings is 1. The van der Waals surface area contributed by atoms with Gasteiger partial charge >= 0.3 is 0 Å². The third-order valence-electron chi connectivity index (χ3n) is 3.99. The third kappa shape index (κ3) is 3.95. The van der Waals surface area contributed by atoms with E-state index in [0.717, 1.165) is 5.75 Å². The highest BCUT2D eigenvalue weighted by Crippen LogP contribution is 2.27. The lowest BCUT2D eigenvalue weighted by atomic mass is 10.1. The fraction of sp³-hybridized carbons (Fsp3) is 0.438. The van der Waals surface area contributed by atoms with Gasteiger partial charge in [0.2, 0.25) is 0 Å². The molecule has 1 aromatic heterocycles. The maximum atomic E-state index is 11.9. The van der Waals surface area contributed by atoms with Gasteiger partial charge in [0.1, 0.15) is 17.3 Å².